The van der Waals surface area contributed by atoms with Gasteiger partial charge in [0, 0.05) is 17.1 Å². The van der Waals surface area contributed by atoms with Crippen LogP contribution in [0.2, 0.25) is 0 Å². The van der Waals surface area contributed by atoms with Gasteiger partial charge in [-0.25, -0.2) is 0 Å². The zero-order valence-electron chi connectivity index (χ0n) is 13.9. The fraction of sp³-hybridized carbons (Fsp3) is 0.526. The molecule has 0 bridgehead atoms. The Morgan fingerprint density at radius 2 is 1.77 bits per heavy atom. The number of hydrogen-bond acceptors (Lipinski definition) is 3. The lowest BCUT2D eigenvalue weighted by molar-refractivity contribution is 0.688. The highest BCUT2D eigenvalue weighted by molar-refractivity contribution is 6.22. The van der Waals surface area contributed by atoms with E-state index >= 15 is 0 Å². The van der Waals surface area contributed by atoms with E-state index in [0.29, 0.717) is 30.0 Å². The third-order valence-corrected chi connectivity index (χ3v) is 4.64. The summed E-state index contributed by atoms with van der Waals surface area (Å²) in [5, 5.41) is 24.3. The van der Waals surface area contributed by atoms with Gasteiger partial charge in [-0.1, -0.05) is 38.5 Å². The SMILES string of the molecule is CCCc1cc(CC)ccc1C1CC(=N)C(C(C)=N)C(=N)C1. The lowest BCUT2D eigenvalue weighted by atomic mass is 9.73. The smallest absolute Gasteiger partial charge is 0.0716 e. The first-order valence-corrected chi connectivity index (χ1v) is 8.29. The van der Waals surface area contributed by atoms with Gasteiger partial charge in [-0.05, 0) is 55.2 Å². The van der Waals surface area contributed by atoms with Gasteiger partial charge in [0.15, 0.2) is 0 Å². The lowest BCUT2D eigenvalue weighted by Crippen LogP contribution is -2.36. The minimum absolute atomic E-state index is 0.239. The first-order chi connectivity index (χ1) is 10.5. The largest absolute Gasteiger partial charge is 0.309 e. The Hall–Kier alpha value is -1.77. The molecule has 1 aromatic rings. The molecule has 118 valence electrons. The maximum Gasteiger partial charge on any atom is 0.0716 e. The van der Waals surface area contributed by atoms with E-state index in [2.05, 4.69) is 32.0 Å². The van der Waals surface area contributed by atoms with Gasteiger partial charge < -0.3 is 16.2 Å². The molecule has 2 rings (SSSR count). The van der Waals surface area contributed by atoms with Gasteiger partial charge in [-0.2, -0.15) is 0 Å². The first-order valence-electron chi connectivity index (χ1n) is 8.29. The average Bonchev–Trinajstić information content (AvgIpc) is 2.46. The predicted octanol–water partition coefficient (Wildman–Crippen LogP) is 4.77. The molecule has 3 N–H and O–H groups in total. The van der Waals surface area contributed by atoms with Crippen LogP contribution in [0.25, 0.3) is 0 Å². The molecule has 3 heteroatoms. The summed E-state index contributed by atoms with van der Waals surface area (Å²) in [4.78, 5) is 0. The van der Waals surface area contributed by atoms with E-state index in [1.165, 1.54) is 16.7 Å². The Morgan fingerprint density at radius 1 is 1.14 bits per heavy atom. The second kappa shape index (κ2) is 6.99. The Labute approximate surface area is 133 Å². The number of rotatable bonds is 5. The van der Waals surface area contributed by atoms with E-state index < -0.39 is 0 Å². The van der Waals surface area contributed by atoms with Crippen LogP contribution in [0.4, 0.5) is 0 Å². The van der Waals surface area contributed by atoms with Crippen molar-refractivity contribution >= 4 is 17.1 Å². The van der Waals surface area contributed by atoms with E-state index in [1.54, 1.807) is 6.92 Å². The second-order valence-corrected chi connectivity index (χ2v) is 6.41. The molecular formula is C19H27N3. The molecule has 22 heavy (non-hydrogen) atoms. The number of benzene rings is 1. The molecule has 0 amide bonds. The normalized spacial score (nSPS) is 22.0. The van der Waals surface area contributed by atoms with Gasteiger partial charge in [0.1, 0.15) is 0 Å². The average molecular weight is 297 g/mol. The van der Waals surface area contributed by atoms with Crippen molar-refractivity contribution in [1.82, 2.24) is 0 Å². The van der Waals surface area contributed by atoms with Crippen LogP contribution in [0.15, 0.2) is 18.2 Å². The third kappa shape index (κ3) is 3.34. The lowest BCUT2D eigenvalue weighted by Gasteiger charge is -2.31. The highest BCUT2D eigenvalue weighted by atomic mass is 14.6. The molecule has 0 radical (unpaired) electrons. The number of aryl methyl sites for hydroxylation is 2. The summed E-state index contributed by atoms with van der Waals surface area (Å²) in [6.45, 7) is 6.09. The minimum Gasteiger partial charge on any atom is -0.309 e. The van der Waals surface area contributed by atoms with Crippen LogP contribution >= 0.6 is 0 Å². The van der Waals surface area contributed by atoms with Crippen LogP contribution in [0.5, 0.6) is 0 Å². The molecule has 0 atom stereocenters. The van der Waals surface area contributed by atoms with Crippen LogP contribution in [0.3, 0.4) is 0 Å². The van der Waals surface area contributed by atoms with Gasteiger partial charge >= 0.3 is 0 Å². The molecule has 0 aromatic heterocycles. The van der Waals surface area contributed by atoms with Gasteiger partial charge in [-0.15, -0.1) is 0 Å². The maximum absolute atomic E-state index is 8.26. The first kappa shape index (κ1) is 16.6. The van der Waals surface area contributed by atoms with Gasteiger partial charge in [0.25, 0.3) is 0 Å². The number of nitrogens with one attached hydrogen (secondary N) is 3. The molecule has 1 fully saturated rings. The summed E-state index contributed by atoms with van der Waals surface area (Å²) in [5.74, 6) is -0.108. The van der Waals surface area contributed by atoms with E-state index in [-0.39, 0.29) is 11.8 Å². The van der Waals surface area contributed by atoms with Crippen LogP contribution in [-0.4, -0.2) is 17.1 Å². The Bertz CT molecular complexity index is 583. The monoisotopic (exact) mass is 297 g/mol. The standard InChI is InChI=1S/C19H27N3/c1-4-6-14-9-13(5-2)7-8-16(14)15-10-17(21)19(12(3)20)18(22)11-15/h7-9,15,19-22H,4-6,10-11H2,1-3H3. The van der Waals surface area contributed by atoms with Crippen molar-refractivity contribution in [3.05, 3.63) is 34.9 Å². The molecule has 1 saturated carbocycles. The quantitative estimate of drug-likeness (QED) is 0.655. The fourth-order valence-corrected chi connectivity index (χ4v) is 3.55. The molecule has 0 spiro atoms. The van der Waals surface area contributed by atoms with E-state index in [4.69, 9.17) is 16.2 Å². The van der Waals surface area contributed by atoms with Crippen molar-refractivity contribution in [2.45, 2.75) is 58.8 Å². The van der Waals surface area contributed by atoms with Crippen LogP contribution in [0.1, 0.15) is 62.6 Å². The van der Waals surface area contributed by atoms with Crippen molar-refractivity contribution in [3.8, 4) is 0 Å². The summed E-state index contributed by atoms with van der Waals surface area (Å²) in [5.41, 5.74) is 5.57. The molecule has 3 nitrogen and oxygen atoms in total. The van der Waals surface area contributed by atoms with Crippen LogP contribution < -0.4 is 0 Å². The van der Waals surface area contributed by atoms with Crippen molar-refractivity contribution in [2.75, 3.05) is 0 Å². The highest BCUT2D eigenvalue weighted by Gasteiger charge is 2.33. The topological polar surface area (TPSA) is 71.6 Å². The Morgan fingerprint density at radius 3 is 2.27 bits per heavy atom. The van der Waals surface area contributed by atoms with Gasteiger partial charge in [0.2, 0.25) is 0 Å². The summed E-state index contributed by atoms with van der Waals surface area (Å²) >= 11 is 0. The summed E-state index contributed by atoms with van der Waals surface area (Å²) in [6.07, 6.45) is 4.59. The van der Waals surface area contributed by atoms with Crippen molar-refractivity contribution in [3.63, 3.8) is 0 Å². The minimum atomic E-state index is -0.346. The van der Waals surface area contributed by atoms with Gasteiger partial charge in [-0.3, -0.25) is 0 Å². The molecule has 0 unspecified atom stereocenters. The zero-order chi connectivity index (χ0) is 16.3. The molecule has 1 aromatic carbocycles. The fourth-order valence-electron chi connectivity index (χ4n) is 3.55. The second-order valence-electron chi connectivity index (χ2n) is 6.41. The highest BCUT2D eigenvalue weighted by Crippen LogP contribution is 2.35. The summed E-state index contributed by atoms with van der Waals surface area (Å²) < 4.78 is 0. The van der Waals surface area contributed by atoms with Crippen molar-refractivity contribution < 1.29 is 0 Å². The zero-order valence-corrected chi connectivity index (χ0v) is 13.9. The molecule has 1 aliphatic carbocycles. The Balaban J connectivity index is 2.31. The summed E-state index contributed by atoms with van der Waals surface area (Å²) in [6, 6.07) is 6.71. The van der Waals surface area contributed by atoms with Crippen LogP contribution in [-0.2, 0) is 12.8 Å². The summed E-state index contributed by atoms with van der Waals surface area (Å²) in [7, 11) is 0. The molecule has 0 heterocycles. The number of hydrogen-bond donors (Lipinski definition) is 3. The molecular weight excluding hydrogens is 270 g/mol. The maximum atomic E-state index is 8.26. The third-order valence-electron chi connectivity index (χ3n) is 4.64. The van der Waals surface area contributed by atoms with E-state index in [0.717, 1.165) is 19.3 Å². The van der Waals surface area contributed by atoms with Crippen LogP contribution in [0, 0.1) is 22.1 Å². The molecule has 1 aliphatic rings. The molecule has 0 saturated heterocycles. The van der Waals surface area contributed by atoms with Crippen molar-refractivity contribution in [1.29, 1.82) is 16.2 Å². The van der Waals surface area contributed by atoms with Crippen molar-refractivity contribution in [2.24, 2.45) is 5.92 Å². The Kier molecular flexibility index (Phi) is 5.28. The van der Waals surface area contributed by atoms with E-state index in [1.807, 2.05) is 0 Å². The molecule has 0 aliphatic heterocycles. The van der Waals surface area contributed by atoms with Gasteiger partial charge in [0.05, 0.1) is 5.92 Å². The van der Waals surface area contributed by atoms with E-state index in [9.17, 15) is 0 Å². The predicted molar refractivity (Wildman–Crippen MR) is 94.1 cm³/mol.